The summed E-state index contributed by atoms with van der Waals surface area (Å²) in [7, 11) is 0. The van der Waals surface area contributed by atoms with Gasteiger partial charge in [-0.05, 0) is 30.6 Å². The lowest BCUT2D eigenvalue weighted by Gasteiger charge is -1.97. The van der Waals surface area contributed by atoms with Crippen LogP contribution in [0.25, 0.3) is 21.7 Å². The van der Waals surface area contributed by atoms with Crippen molar-refractivity contribution in [3.8, 4) is 10.7 Å². The maximum atomic E-state index is 4.50. The fourth-order valence-corrected chi connectivity index (χ4v) is 2.09. The zero-order chi connectivity index (χ0) is 11.0. The molecule has 0 aliphatic carbocycles. The molecular weight excluding hydrogens is 220 g/mol. The highest BCUT2D eigenvalue weighted by atomic mass is 32.1. The van der Waals surface area contributed by atoms with Gasteiger partial charge in [0.1, 0.15) is 11.5 Å². The molecule has 3 rings (SSSR count). The van der Waals surface area contributed by atoms with Crippen molar-refractivity contribution in [1.29, 1.82) is 0 Å². The summed E-state index contributed by atoms with van der Waals surface area (Å²) in [5.41, 5.74) is 2.56. The first kappa shape index (κ1) is 9.35. The number of hydrogen-bond acceptors (Lipinski definition) is 5. The lowest BCUT2D eigenvalue weighted by Crippen LogP contribution is -1.87. The van der Waals surface area contributed by atoms with Crippen LogP contribution in [0.15, 0.2) is 30.5 Å². The van der Waals surface area contributed by atoms with Crippen molar-refractivity contribution < 1.29 is 0 Å². The highest BCUT2D eigenvalue weighted by molar-refractivity contribution is 7.09. The van der Waals surface area contributed by atoms with Gasteiger partial charge in [0.2, 0.25) is 0 Å². The van der Waals surface area contributed by atoms with E-state index in [0.29, 0.717) is 0 Å². The SMILES string of the molecule is Cc1nsc(-c2cnc3ccccc3n2)n1. The van der Waals surface area contributed by atoms with Gasteiger partial charge in [-0.3, -0.25) is 4.98 Å². The summed E-state index contributed by atoms with van der Waals surface area (Å²) in [5, 5.41) is 0.816. The minimum atomic E-state index is 0.773. The van der Waals surface area contributed by atoms with Gasteiger partial charge in [-0.25, -0.2) is 9.97 Å². The molecule has 0 saturated heterocycles. The third-order valence-corrected chi connectivity index (χ3v) is 3.02. The molecule has 0 spiro atoms. The standard InChI is InChI=1S/C11H8N4S/c1-7-13-11(16-15-7)10-6-12-8-4-2-3-5-9(8)14-10/h2-6H,1H3. The van der Waals surface area contributed by atoms with E-state index in [1.807, 2.05) is 31.2 Å². The van der Waals surface area contributed by atoms with Gasteiger partial charge >= 0.3 is 0 Å². The Morgan fingerprint density at radius 2 is 1.88 bits per heavy atom. The first-order chi connectivity index (χ1) is 7.83. The molecule has 0 atom stereocenters. The molecule has 0 unspecified atom stereocenters. The lowest BCUT2D eigenvalue weighted by atomic mass is 10.3. The second-order valence-electron chi connectivity index (χ2n) is 3.39. The van der Waals surface area contributed by atoms with Crippen LogP contribution in [-0.2, 0) is 0 Å². The fraction of sp³-hybridized carbons (Fsp3) is 0.0909. The van der Waals surface area contributed by atoms with Gasteiger partial charge in [0.05, 0.1) is 17.2 Å². The topological polar surface area (TPSA) is 51.6 Å². The molecule has 0 radical (unpaired) electrons. The number of nitrogens with zero attached hydrogens (tertiary/aromatic N) is 4. The zero-order valence-corrected chi connectivity index (χ0v) is 9.40. The van der Waals surface area contributed by atoms with Crippen LogP contribution < -0.4 is 0 Å². The Morgan fingerprint density at radius 1 is 1.06 bits per heavy atom. The van der Waals surface area contributed by atoms with E-state index in [1.54, 1.807) is 6.20 Å². The smallest absolute Gasteiger partial charge is 0.163 e. The summed E-state index contributed by atoms with van der Waals surface area (Å²) in [6.07, 6.45) is 1.74. The lowest BCUT2D eigenvalue weighted by molar-refractivity contribution is 1.16. The molecule has 0 aliphatic heterocycles. The van der Waals surface area contributed by atoms with E-state index in [1.165, 1.54) is 11.5 Å². The minimum absolute atomic E-state index is 0.773. The van der Waals surface area contributed by atoms with E-state index in [4.69, 9.17) is 0 Å². The van der Waals surface area contributed by atoms with Crippen molar-refractivity contribution in [2.24, 2.45) is 0 Å². The van der Waals surface area contributed by atoms with E-state index in [2.05, 4.69) is 19.3 Å². The fourth-order valence-electron chi connectivity index (χ4n) is 1.46. The number of rotatable bonds is 1. The number of para-hydroxylation sites is 2. The summed E-state index contributed by atoms with van der Waals surface area (Å²) in [5.74, 6) is 0.773. The monoisotopic (exact) mass is 228 g/mol. The van der Waals surface area contributed by atoms with Crippen LogP contribution in [0.4, 0.5) is 0 Å². The molecule has 0 aliphatic rings. The van der Waals surface area contributed by atoms with Gasteiger partial charge < -0.3 is 0 Å². The Bertz CT molecular complexity index is 647. The number of fused-ring (bicyclic) bond motifs is 1. The number of benzene rings is 1. The van der Waals surface area contributed by atoms with Crippen LogP contribution in [-0.4, -0.2) is 19.3 Å². The Balaban J connectivity index is 2.18. The number of hydrogen-bond donors (Lipinski definition) is 0. The second kappa shape index (κ2) is 3.61. The van der Waals surface area contributed by atoms with Gasteiger partial charge in [0, 0.05) is 0 Å². The van der Waals surface area contributed by atoms with Gasteiger partial charge in [-0.2, -0.15) is 4.37 Å². The van der Waals surface area contributed by atoms with Crippen LogP contribution in [0.3, 0.4) is 0 Å². The molecule has 0 saturated carbocycles. The van der Waals surface area contributed by atoms with Crippen molar-refractivity contribution in [3.05, 3.63) is 36.3 Å². The average Bonchev–Trinajstić information content (AvgIpc) is 2.75. The zero-order valence-electron chi connectivity index (χ0n) is 8.58. The van der Waals surface area contributed by atoms with E-state index >= 15 is 0 Å². The van der Waals surface area contributed by atoms with Crippen LogP contribution in [0.1, 0.15) is 5.82 Å². The summed E-state index contributed by atoms with van der Waals surface area (Å²) in [6, 6.07) is 7.79. The van der Waals surface area contributed by atoms with Crippen LogP contribution in [0, 0.1) is 6.92 Å². The second-order valence-corrected chi connectivity index (χ2v) is 4.14. The molecule has 16 heavy (non-hydrogen) atoms. The molecule has 1 aromatic carbocycles. The Morgan fingerprint density at radius 3 is 2.62 bits per heavy atom. The molecule has 3 aromatic rings. The predicted octanol–water partition coefficient (Wildman–Crippen LogP) is 2.46. The summed E-state index contributed by atoms with van der Waals surface area (Å²) in [4.78, 5) is 13.1. The molecule has 0 N–H and O–H groups in total. The highest BCUT2D eigenvalue weighted by Crippen LogP contribution is 2.20. The number of aromatic nitrogens is 4. The molecule has 2 heterocycles. The van der Waals surface area contributed by atoms with E-state index in [9.17, 15) is 0 Å². The molecule has 0 bridgehead atoms. The normalized spacial score (nSPS) is 10.8. The maximum Gasteiger partial charge on any atom is 0.163 e. The van der Waals surface area contributed by atoms with Gasteiger partial charge in [0.15, 0.2) is 5.01 Å². The quantitative estimate of drug-likeness (QED) is 0.642. The molecular formula is C11H8N4S. The van der Waals surface area contributed by atoms with E-state index in [0.717, 1.165) is 27.6 Å². The molecule has 5 heteroatoms. The molecule has 78 valence electrons. The van der Waals surface area contributed by atoms with Crippen LogP contribution >= 0.6 is 11.5 Å². The largest absolute Gasteiger partial charge is 0.252 e. The molecule has 0 amide bonds. The third-order valence-electron chi connectivity index (χ3n) is 2.20. The summed E-state index contributed by atoms with van der Waals surface area (Å²) in [6.45, 7) is 1.87. The molecule has 0 fully saturated rings. The maximum absolute atomic E-state index is 4.50. The Labute approximate surface area is 96.2 Å². The Hall–Kier alpha value is -1.88. The highest BCUT2D eigenvalue weighted by Gasteiger charge is 2.06. The first-order valence-electron chi connectivity index (χ1n) is 4.85. The van der Waals surface area contributed by atoms with Gasteiger partial charge in [-0.1, -0.05) is 12.1 Å². The molecule has 4 nitrogen and oxygen atoms in total. The summed E-state index contributed by atoms with van der Waals surface area (Å²) >= 11 is 1.35. The molecule has 2 aromatic heterocycles. The summed E-state index contributed by atoms with van der Waals surface area (Å²) < 4.78 is 4.14. The minimum Gasteiger partial charge on any atom is -0.252 e. The predicted molar refractivity (Wildman–Crippen MR) is 63.2 cm³/mol. The van der Waals surface area contributed by atoms with Gasteiger partial charge in [-0.15, -0.1) is 0 Å². The van der Waals surface area contributed by atoms with Crippen LogP contribution in [0.5, 0.6) is 0 Å². The van der Waals surface area contributed by atoms with E-state index in [-0.39, 0.29) is 0 Å². The van der Waals surface area contributed by atoms with Gasteiger partial charge in [0.25, 0.3) is 0 Å². The van der Waals surface area contributed by atoms with Crippen molar-refractivity contribution in [1.82, 2.24) is 19.3 Å². The van der Waals surface area contributed by atoms with Crippen molar-refractivity contribution in [2.75, 3.05) is 0 Å². The van der Waals surface area contributed by atoms with E-state index < -0.39 is 0 Å². The Kier molecular flexibility index (Phi) is 2.11. The van der Waals surface area contributed by atoms with Crippen molar-refractivity contribution in [3.63, 3.8) is 0 Å². The third kappa shape index (κ3) is 1.55. The van der Waals surface area contributed by atoms with Crippen molar-refractivity contribution >= 4 is 22.6 Å². The van der Waals surface area contributed by atoms with Crippen molar-refractivity contribution in [2.45, 2.75) is 6.92 Å². The first-order valence-corrected chi connectivity index (χ1v) is 5.63. The van der Waals surface area contributed by atoms with Crippen LogP contribution in [0.2, 0.25) is 0 Å². The number of aryl methyl sites for hydroxylation is 1. The average molecular weight is 228 g/mol.